The van der Waals surface area contributed by atoms with Crippen molar-refractivity contribution in [1.82, 2.24) is 0 Å². The van der Waals surface area contributed by atoms with Crippen LogP contribution in [0.15, 0.2) is 60.2 Å². The van der Waals surface area contributed by atoms with Crippen LogP contribution in [0.5, 0.6) is 0 Å². The van der Waals surface area contributed by atoms with Gasteiger partial charge in [-0.2, -0.15) is 0 Å². The fraction of sp³-hybridized carbons (Fsp3) is 0.600. The number of rotatable bonds is 17. The molecule has 1 N–H and O–H groups in total. The van der Waals surface area contributed by atoms with Crippen LogP contribution in [0, 0.1) is 30.6 Å². The molecule has 1 atom stereocenters. The van der Waals surface area contributed by atoms with Gasteiger partial charge in [0.1, 0.15) is 0 Å². The minimum absolute atomic E-state index is 0.0391. The molecule has 2 saturated carbocycles. The molecule has 5 heteroatoms. The maximum Gasteiger partial charge on any atom is 0.335 e. The molecule has 2 fully saturated rings. The number of allylic oxidation sites excluding steroid dienone is 1. The van der Waals surface area contributed by atoms with Crippen molar-refractivity contribution in [3.63, 3.8) is 0 Å². The molecule has 50 heavy (non-hydrogen) atoms. The molecule has 0 spiro atoms. The van der Waals surface area contributed by atoms with Crippen LogP contribution in [0.2, 0.25) is 0 Å². The molecule has 5 nitrogen and oxygen atoms in total. The average molecular weight is 685 g/mol. The molecule has 4 rings (SSSR count). The maximum atomic E-state index is 12.3. The second-order valence-corrected chi connectivity index (χ2v) is 15.3. The van der Waals surface area contributed by atoms with E-state index in [0.29, 0.717) is 17.4 Å². The van der Waals surface area contributed by atoms with Gasteiger partial charge in [-0.1, -0.05) is 88.6 Å². The van der Waals surface area contributed by atoms with Crippen LogP contribution >= 0.6 is 0 Å². The van der Waals surface area contributed by atoms with Gasteiger partial charge in [-0.25, -0.2) is 9.59 Å². The van der Waals surface area contributed by atoms with Crippen molar-refractivity contribution >= 4 is 11.9 Å². The molecule has 2 aromatic rings. The summed E-state index contributed by atoms with van der Waals surface area (Å²) in [4.78, 5) is 24.5. The Hall–Kier alpha value is -3.18. The molecule has 0 amide bonds. The quantitative estimate of drug-likeness (QED) is 0.102. The third-order valence-corrected chi connectivity index (χ3v) is 11.8. The van der Waals surface area contributed by atoms with E-state index in [1.807, 2.05) is 6.92 Å². The summed E-state index contributed by atoms with van der Waals surface area (Å²) in [6, 6.07) is 14.4. The number of hydrogen-bond acceptors (Lipinski definition) is 5. The minimum atomic E-state index is -0.590. The molecule has 1 unspecified atom stereocenters. The molecule has 0 radical (unpaired) electrons. The predicted molar refractivity (Wildman–Crippen MR) is 205 cm³/mol. The first-order valence-corrected chi connectivity index (χ1v) is 19.7. The highest BCUT2D eigenvalue weighted by Crippen LogP contribution is 2.45. The van der Waals surface area contributed by atoms with Gasteiger partial charge < -0.3 is 14.6 Å². The largest absolute Gasteiger partial charge is 0.462 e. The van der Waals surface area contributed by atoms with Gasteiger partial charge in [0.25, 0.3) is 0 Å². The minimum Gasteiger partial charge on any atom is -0.462 e. The molecule has 0 heterocycles. The smallest absolute Gasteiger partial charge is 0.335 e. The summed E-state index contributed by atoms with van der Waals surface area (Å²) in [5.41, 5.74) is 9.27. The van der Waals surface area contributed by atoms with Crippen LogP contribution in [-0.2, 0) is 31.9 Å². The Morgan fingerprint density at radius 1 is 0.880 bits per heavy atom. The predicted octanol–water partition coefficient (Wildman–Crippen LogP) is 10.6. The molecular formula is C45H64O5. The number of carbonyl (C=O) groups is 2. The van der Waals surface area contributed by atoms with Crippen molar-refractivity contribution < 1.29 is 24.2 Å². The van der Waals surface area contributed by atoms with Crippen molar-refractivity contribution in [2.24, 2.45) is 23.7 Å². The Morgan fingerprint density at radius 2 is 1.54 bits per heavy atom. The van der Waals surface area contributed by atoms with E-state index in [1.165, 1.54) is 110 Å². The molecule has 0 bridgehead atoms. The van der Waals surface area contributed by atoms with E-state index in [2.05, 4.69) is 63.7 Å². The number of ether oxygens (including phenoxy) is 2. The van der Waals surface area contributed by atoms with E-state index in [4.69, 9.17) is 9.47 Å². The Bertz CT molecular complexity index is 1440. The number of benzene rings is 2. The number of hydrogen-bond donors (Lipinski definition) is 1. The zero-order valence-corrected chi connectivity index (χ0v) is 31.7. The van der Waals surface area contributed by atoms with Crippen molar-refractivity contribution in [1.29, 1.82) is 0 Å². The van der Waals surface area contributed by atoms with Crippen molar-refractivity contribution in [3.8, 4) is 11.1 Å². The third kappa shape index (κ3) is 11.2. The first-order chi connectivity index (χ1) is 24.2. The molecular weight excluding hydrogens is 620 g/mol. The van der Waals surface area contributed by atoms with Gasteiger partial charge in [0.15, 0.2) is 0 Å². The lowest BCUT2D eigenvalue weighted by atomic mass is 9.67. The zero-order chi connectivity index (χ0) is 36.0. The van der Waals surface area contributed by atoms with E-state index in [-0.39, 0.29) is 30.7 Å². The Balaban J connectivity index is 1.28. The molecule has 2 aliphatic carbocycles. The summed E-state index contributed by atoms with van der Waals surface area (Å²) in [6.45, 7) is 13.9. The van der Waals surface area contributed by atoms with Gasteiger partial charge in [-0.3, -0.25) is 0 Å². The number of aliphatic hydroxyl groups excluding tert-OH is 1. The van der Waals surface area contributed by atoms with Crippen molar-refractivity contribution in [3.05, 3.63) is 82.5 Å². The summed E-state index contributed by atoms with van der Waals surface area (Å²) in [5, 5.41) is 9.23. The summed E-state index contributed by atoms with van der Waals surface area (Å²) >= 11 is 0. The summed E-state index contributed by atoms with van der Waals surface area (Å²) in [6.07, 6.45) is 18.7. The highest BCUT2D eigenvalue weighted by atomic mass is 16.5. The summed E-state index contributed by atoms with van der Waals surface area (Å²) in [5.74, 6) is 1.78. The van der Waals surface area contributed by atoms with E-state index >= 15 is 0 Å². The van der Waals surface area contributed by atoms with Crippen LogP contribution in [0.4, 0.5) is 0 Å². The number of aryl methyl sites for hydroxylation is 3. The molecule has 0 aliphatic heterocycles. The maximum absolute atomic E-state index is 12.3. The van der Waals surface area contributed by atoms with Crippen LogP contribution in [0.25, 0.3) is 11.1 Å². The van der Waals surface area contributed by atoms with Gasteiger partial charge in [-0.05, 0) is 142 Å². The Kier molecular flexibility index (Phi) is 15.9. The van der Waals surface area contributed by atoms with Gasteiger partial charge in [0.2, 0.25) is 0 Å². The lowest BCUT2D eigenvalue weighted by molar-refractivity contribution is -0.145. The van der Waals surface area contributed by atoms with Crippen LogP contribution < -0.4 is 0 Å². The number of carbonyl (C=O) groups excluding carboxylic acids is 2. The summed E-state index contributed by atoms with van der Waals surface area (Å²) in [7, 11) is 0. The molecule has 274 valence electrons. The third-order valence-electron chi connectivity index (χ3n) is 11.8. The zero-order valence-electron chi connectivity index (χ0n) is 31.7. The monoisotopic (exact) mass is 684 g/mol. The molecule has 2 aliphatic rings. The normalized spacial score (nSPS) is 21.8. The van der Waals surface area contributed by atoms with E-state index < -0.39 is 12.6 Å². The molecule has 0 aromatic heterocycles. The lowest BCUT2D eigenvalue weighted by Crippen LogP contribution is -2.28. The highest BCUT2D eigenvalue weighted by Gasteiger charge is 2.32. The first kappa shape index (κ1) is 39.6. The average Bonchev–Trinajstić information content (AvgIpc) is 3.15. The number of aliphatic hydroxyl groups is 1. The van der Waals surface area contributed by atoms with Crippen LogP contribution in [0.1, 0.15) is 133 Å². The fourth-order valence-corrected chi connectivity index (χ4v) is 8.41. The number of unbranched alkanes of at least 4 members (excludes halogenated alkanes) is 2. The van der Waals surface area contributed by atoms with Gasteiger partial charge in [-0.15, -0.1) is 0 Å². The van der Waals surface area contributed by atoms with E-state index in [1.54, 1.807) is 13.0 Å². The Labute approximate surface area is 302 Å². The standard InChI is InChI=1S/C45H64O5/c1-7-10-11-12-37-17-22-42(25-32(37)5)43-24-23-41(27-36(43)9-3)40-20-18-39(19-21-40)38-15-13-34(14-16-38)26-35(29-49-44(47)31(4)8-2)30-50-45(48)33(6)28-46/h8,17,22-25,27,34-35,38-40,46H,6-7,9-16,18-21,26,28-30H2,1-5H3/b31-8-. The second-order valence-electron chi connectivity index (χ2n) is 15.3. The first-order valence-electron chi connectivity index (χ1n) is 19.7. The molecule has 0 saturated heterocycles. The van der Waals surface area contributed by atoms with Gasteiger partial charge in [0.05, 0.1) is 25.4 Å². The Morgan fingerprint density at radius 3 is 2.14 bits per heavy atom. The van der Waals surface area contributed by atoms with E-state index in [0.717, 1.165) is 24.7 Å². The lowest BCUT2D eigenvalue weighted by Gasteiger charge is -2.38. The van der Waals surface area contributed by atoms with Crippen LogP contribution in [-0.4, -0.2) is 36.9 Å². The second kappa shape index (κ2) is 20.0. The number of esters is 2. The topological polar surface area (TPSA) is 72.8 Å². The van der Waals surface area contributed by atoms with Crippen molar-refractivity contribution in [2.45, 2.75) is 130 Å². The van der Waals surface area contributed by atoms with Crippen molar-refractivity contribution in [2.75, 3.05) is 19.8 Å². The SMILES string of the molecule is C=C(CO)C(=O)OCC(COC(=O)/C(C)=C\C)CC1CCC(C2CCC(c3ccc(-c4ccc(CCCCC)c(C)c4)c(CC)c3)CC2)CC1. The van der Waals surface area contributed by atoms with Gasteiger partial charge in [0, 0.05) is 11.5 Å². The summed E-state index contributed by atoms with van der Waals surface area (Å²) < 4.78 is 11.0. The molecule has 2 aromatic carbocycles. The van der Waals surface area contributed by atoms with Crippen LogP contribution in [0.3, 0.4) is 0 Å². The van der Waals surface area contributed by atoms with E-state index in [9.17, 15) is 14.7 Å². The van der Waals surface area contributed by atoms with Gasteiger partial charge >= 0.3 is 11.9 Å². The highest BCUT2D eigenvalue weighted by molar-refractivity contribution is 5.88. The fourth-order valence-electron chi connectivity index (χ4n) is 8.41.